The lowest BCUT2D eigenvalue weighted by Gasteiger charge is -2.29. The minimum atomic E-state index is -0.382. The number of hydrogen-bond acceptors (Lipinski definition) is 6. The monoisotopic (exact) mass is 678 g/mol. The molecule has 0 spiro atoms. The van der Waals surface area contributed by atoms with Gasteiger partial charge in [-0.1, -0.05) is 50.2 Å². The number of carbonyl (C=O) groups excluding carboxylic acids is 4. The molecule has 0 aromatic heterocycles. The Morgan fingerprint density at radius 2 is 0.941 bits per heavy atom. The molecule has 0 unspecified atom stereocenters. The lowest BCUT2D eigenvalue weighted by Crippen LogP contribution is -2.29. The fourth-order valence-electron chi connectivity index (χ4n) is 7.04. The second-order valence-corrected chi connectivity index (χ2v) is 14.1. The van der Waals surface area contributed by atoms with Crippen LogP contribution in [0.3, 0.4) is 0 Å². The van der Waals surface area contributed by atoms with Crippen molar-refractivity contribution < 1.29 is 28.7 Å². The van der Waals surface area contributed by atoms with Gasteiger partial charge in [0, 0.05) is 12.5 Å². The number of amides is 4. The van der Waals surface area contributed by atoms with Gasteiger partial charge in [-0.05, 0) is 122 Å². The summed E-state index contributed by atoms with van der Waals surface area (Å²) in [6.45, 7) is 14.3. The van der Waals surface area contributed by atoms with E-state index in [2.05, 4.69) is 38.1 Å². The summed E-state index contributed by atoms with van der Waals surface area (Å²) in [5, 5.41) is 0. The van der Waals surface area contributed by atoms with Gasteiger partial charge in [-0.25, -0.2) is 4.90 Å². The Morgan fingerprint density at radius 3 is 1.43 bits per heavy atom. The van der Waals surface area contributed by atoms with E-state index in [0.29, 0.717) is 50.9 Å². The zero-order chi connectivity index (χ0) is 36.5. The molecule has 0 fully saturated rings. The molecule has 4 amide bonds. The zero-order valence-electron chi connectivity index (χ0n) is 29.9. The standard InChI is InChI=1S/C43H38N2O6/c1-23-10-9-11-30(16-23)45-41(48)34-15-13-32(22-36(34)42(45)49)51-38-26(4)19-29(20-27(38)5)43(6,7)28-17-24(2)37(25(3)18-28)50-31-12-14-33-35(21-31)40(47)44(8)39(33)46/h9-22H,1-8H3. The van der Waals surface area contributed by atoms with Crippen LogP contribution >= 0.6 is 0 Å². The van der Waals surface area contributed by atoms with Crippen molar-refractivity contribution >= 4 is 29.3 Å². The van der Waals surface area contributed by atoms with Crippen LogP contribution in [0.1, 0.15) is 94.2 Å². The van der Waals surface area contributed by atoms with E-state index in [4.69, 9.17) is 9.47 Å². The molecule has 0 aliphatic carbocycles. The van der Waals surface area contributed by atoms with Crippen molar-refractivity contribution in [3.05, 3.63) is 146 Å². The normalized spacial score (nSPS) is 14.0. The molecular weight excluding hydrogens is 640 g/mol. The highest BCUT2D eigenvalue weighted by atomic mass is 16.5. The number of benzene rings is 5. The van der Waals surface area contributed by atoms with Gasteiger partial charge in [0.25, 0.3) is 23.6 Å². The van der Waals surface area contributed by atoms with E-state index < -0.39 is 0 Å². The SMILES string of the molecule is Cc1cccc(N2C(=O)c3ccc(Oc4c(C)cc(C(C)(C)c5cc(C)c(Oc6ccc7c(c6)C(=O)N(C)C7=O)c(C)c5)cc4C)cc3C2=O)c1. The molecule has 0 N–H and O–H groups in total. The first kappa shape index (κ1) is 33.5. The molecule has 8 heteroatoms. The minimum absolute atomic E-state index is 0.311. The van der Waals surface area contributed by atoms with Crippen molar-refractivity contribution in [1.82, 2.24) is 4.90 Å². The van der Waals surface area contributed by atoms with E-state index in [-0.39, 0.29) is 29.0 Å². The molecule has 0 radical (unpaired) electrons. The van der Waals surface area contributed by atoms with Crippen molar-refractivity contribution in [3.63, 3.8) is 0 Å². The third-order valence-electron chi connectivity index (χ3n) is 9.98. The summed E-state index contributed by atoms with van der Waals surface area (Å²) < 4.78 is 12.7. The van der Waals surface area contributed by atoms with Gasteiger partial charge >= 0.3 is 0 Å². The molecule has 2 heterocycles. The van der Waals surface area contributed by atoms with Crippen LogP contribution in [-0.4, -0.2) is 35.6 Å². The van der Waals surface area contributed by atoms with Gasteiger partial charge in [0.2, 0.25) is 0 Å². The van der Waals surface area contributed by atoms with Gasteiger partial charge < -0.3 is 9.47 Å². The van der Waals surface area contributed by atoms with E-state index >= 15 is 0 Å². The summed E-state index contributed by atoms with van der Waals surface area (Å²) in [5.41, 5.74) is 8.48. The predicted molar refractivity (Wildman–Crippen MR) is 196 cm³/mol. The van der Waals surface area contributed by atoms with E-state index in [1.54, 1.807) is 42.5 Å². The maximum absolute atomic E-state index is 13.4. The lowest BCUT2D eigenvalue weighted by atomic mass is 9.76. The number of carbonyl (C=O) groups is 4. The third kappa shape index (κ3) is 5.57. The van der Waals surface area contributed by atoms with Crippen molar-refractivity contribution in [2.45, 2.75) is 53.9 Å². The molecule has 5 aromatic carbocycles. The Morgan fingerprint density at radius 1 is 0.510 bits per heavy atom. The molecule has 0 atom stereocenters. The highest BCUT2D eigenvalue weighted by molar-refractivity contribution is 6.34. The summed E-state index contributed by atoms with van der Waals surface area (Å²) >= 11 is 0. The first-order valence-corrected chi connectivity index (χ1v) is 16.8. The molecular formula is C43H38N2O6. The largest absolute Gasteiger partial charge is 0.457 e. The first-order chi connectivity index (χ1) is 24.1. The number of anilines is 1. The minimum Gasteiger partial charge on any atom is -0.457 e. The Balaban J connectivity index is 1.13. The van der Waals surface area contributed by atoms with Crippen LogP contribution in [0, 0.1) is 34.6 Å². The van der Waals surface area contributed by atoms with Gasteiger partial charge in [-0.15, -0.1) is 0 Å². The Kier molecular flexibility index (Phi) is 7.93. The smallest absolute Gasteiger partial charge is 0.266 e. The Labute approximate surface area is 297 Å². The quantitative estimate of drug-likeness (QED) is 0.159. The summed E-state index contributed by atoms with van der Waals surface area (Å²) in [6, 6.07) is 25.8. The second-order valence-electron chi connectivity index (χ2n) is 14.1. The number of fused-ring (bicyclic) bond motifs is 2. The molecule has 0 bridgehead atoms. The van der Waals surface area contributed by atoms with Crippen LogP contribution in [0.25, 0.3) is 0 Å². The topological polar surface area (TPSA) is 93.2 Å². The maximum atomic E-state index is 13.4. The Bertz CT molecular complexity index is 2310. The van der Waals surface area contributed by atoms with E-state index in [1.807, 2.05) is 52.8 Å². The maximum Gasteiger partial charge on any atom is 0.266 e. The lowest BCUT2D eigenvalue weighted by molar-refractivity contribution is 0.0692. The first-order valence-electron chi connectivity index (χ1n) is 16.8. The van der Waals surface area contributed by atoms with Crippen molar-refractivity contribution in [2.24, 2.45) is 0 Å². The van der Waals surface area contributed by atoms with E-state index in [0.717, 1.165) is 43.8 Å². The summed E-state index contributed by atoms with van der Waals surface area (Å²) in [7, 11) is 1.48. The van der Waals surface area contributed by atoms with Crippen LogP contribution in [-0.2, 0) is 5.41 Å². The number of ether oxygens (including phenoxy) is 2. The van der Waals surface area contributed by atoms with Gasteiger partial charge in [-0.2, -0.15) is 0 Å². The van der Waals surface area contributed by atoms with Crippen LogP contribution < -0.4 is 14.4 Å². The second kappa shape index (κ2) is 12.1. The van der Waals surface area contributed by atoms with E-state index in [9.17, 15) is 19.2 Å². The fourth-order valence-corrected chi connectivity index (χ4v) is 7.04. The molecule has 256 valence electrons. The highest BCUT2D eigenvalue weighted by Crippen LogP contribution is 2.41. The fraction of sp³-hybridized carbons (Fsp3) is 0.209. The number of rotatable bonds is 7. The van der Waals surface area contributed by atoms with Gasteiger partial charge in [0.05, 0.1) is 27.9 Å². The number of hydrogen-bond donors (Lipinski definition) is 0. The number of nitrogens with zero attached hydrogens (tertiary/aromatic N) is 2. The van der Waals surface area contributed by atoms with E-state index in [1.165, 1.54) is 11.9 Å². The highest BCUT2D eigenvalue weighted by Gasteiger charge is 2.37. The molecule has 7 rings (SSSR count). The molecule has 8 nitrogen and oxygen atoms in total. The molecule has 0 saturated heterocycles. The van der Waals surface area contributed by atoms with Crippen molar-refractivity contribution in [2.75, 3.05) is 11.9 Å². The molecule has 2 aliphatic heterocycles. The zero-order valence-corrected chi connectivity index (χ0v) is 29.9. The molecule has 5 aromatic rings. The molecule has 51 heavy (non-hydrogen) atoms. The van der Waals surface area contributed by atoms with Crippen molar-refractivity contribution in [1.29, 1.82) is 0 Å². The van der Waals surface area contributed by atoms with Crippen LogP contribution in [0.5, 0.6) is 23.0 Å². The van der Waals surface area contributed by atoms with Crippen LogP contribution in [0.15, 0.2) is 84.9 Å². The Hall–Kier alpha value is -6.02. The number of imide groups is 2. The predicted octanol–water partition coefficient (Wildman–Crippen LogP) is 9.17. The summed E-state index contributed by atoms with van der Waals surface area (Å²) in [6.07, 6.45) is 0. The van der Waals surface area contributed by atoms with Gasteiger partial charge in [0.1, 0.15) is 23.0 Å². The van der Waals surface area contributed by atoms with Gasteiger partial charge in [-0.3, -0.25) is 24.1 Å². The van der Waals surface area contributed by atoms with Gasteiger partial charge in [0.15, 0.2) is 0 Å². The average molecular weight is 679 g/mol. The number of aryl methyl sites for hydroxylation is 5. The third-order valence-corrected chi connectivity index (χ3v) is 9.98. The van der Waals surface area contributed by atoms with Crippen LogP contribution in [0.2, 0.25) is 0 Å². The van der Waals surface area contributed by atoms with Crippen molar-refractivity contribution in [3.8, 4) is 23.0 Å². The summed E-state index contributed by atoms with van der Waals surface area (Å²) in [4.78, 5) is 53.8. The molecule has 2 aliphatic rings. The average Bonchev–Trinajstić information content (AvgIpc) is 3.46. The van der Waals surface area contributed by atoms with Crippen LogP contribution in [0.4, 0.5) is 5.69 Å². The summed E-state index contributed by atoms with van der Waals surface area (Å²) in [5.74, 6) is 1.00. The molecule has 0 saturated carbocycles.